The maximum absolute atomic E-state index is 14.2. The maximum Gasteiger partial charge on any atom is 0.337 e. The van der Waals surface area contributed by atoms with E-state index in [4.69, 9.17) is 16.7 Å². The van der Waals surface area contributed by atoms with Gasteiger partial charge in [0.05, 0.1) is 16.8 Å². The predicted octanol–water partition coefficient (Wildman–Crippen LogP) is 2.60. The van der Waals surface area contributed by atoms with Crippen molar-refractivity contribution < 1.29 is 22.7 Å². The van der Waals surface area contributed by atoms with Crippen LogP contribution in [0.15, 0.2) is 29.4 Å². The Kier molecular flexibility index (Phi) is 5.81. The number of hydrogen-bond donors (Lipinski definition) is 1. The van der Waals surface area contributed by atoms with Crippen LogP contribution in [0.3, 0.4) is 0 Å². The van der Waals surface area contributed by atoms with Gasteiger partial charge in [-0.2, -0.15) is 9.40 Å². The summed E-state index contributed by atoms with van der Waals surface area (Å²) in [5.74, 6) is -2.54. The summed E-state index contributed by atoms with van der Waals surface area (Å²) >= 11 is 5.67. The van der Waals surface area contributed by atoms with Gasteiger partial charge < -0.3 is 5.11 Å². The molecule has 0 aliphatic rings. The van der Waals surface area contributed by atoms with Crippen molar-refractivity contribution in [3.05, 3.63) is 46.5 Å². The van der Waals surface area contributed by atoms with Crippen LogP contribution in [-0.4, -0.2) is 40.1 Å². The summed E-state index contributed by atoms with van der Waals surface area (Å²) in [6.45, 7) is 4.19. The first kappa shape index (κ1) is 19.4. The van der Waals surface area contributed by atoms with Crippen LogP contribution in [0.2, 0.25) is 5.02 Å². The molecule has 1 heterocycles. The number of sulfonamides is 1. The topological polar surface area (TPSA) is 92.5 Å². The second-order valence-electron chi connectivity index (χ2n) is 5.20. The SMILES string of the molecule is CCN(Cc1cnn(CC)c1)S(=O)(=O)c1cc(C(=O)O)c(Cl)cc1F. The predicted molar refractivity (Wildman–Crippen MR) is 89.5 cm³/mol. The van der Waals surface area contributed by atoms with Crippen LogP contribution in [0.4, 0.5) is 4.39 Å². The lowest BCUT2D eigenvalue weighted by molar-refractivity contribution is 0.0696. The van der Waals surface area contributed by atoms with Crippen LogP contribution in [-0.2, 0) is 23.1 Å². The van der Waals surface area contributed by atoms with Gasteiger partial charge >= 0.3 is 5.97 Å². The van der Waals surface area contributed by atoms with Crippen molar-refractivity contribution in [1.29, 1.82) is 0 Å². The zero-order valence-corrected chi connectivity index (χ0v) is 15.2. The van der Waals surface area contributed by atoms with Gasteiger partial charge in [-0.15, -0.1) is 0 Å². The Balaban J connectivity index is 2.44. The molecule has 1 aromatic carbocycles. The highest BCUT2D eigenvalue weighted by Crippen LogP contribution is 2.27. The average Bonchev–Trinajstić information content (AvgIpc) is 2.99. The number of nitrogens with zero attached hydrogens (tertiary/aromatic N) is 3. The van der Waals surface area contributed by atoms with Gasteiger partial charge in [-0.25, -0.2) is 17.6 Å². The summed E-state index contributed by atoms with van der Waals surface area (Å²) in [5, 5.41) is 12.8. The Morgan fingerprint density at radius 1 is 1.40 bits per heavy atom. The lowest BCUT2D eigenvalue weighted by Gasteiger charge is -2.20. The van der Waals surface area contributed by atoms with Crippen molar-refractivity contribution in [2.75, 3.05) is 6.54 Å². The van der Waals surface area contributed by atoms with Crippen LogP contribution in [0, 0.1) is 5.82 Å². The van der Waals surface area contributed by atoms with Crippen LogP contribution in [0.5, 0.6) is 0 Å². The number of carbonyl (C=O) groups is 1. The molecule has 0 fully saturated rings. The highest BCUT2D eigenvalue weighted by molar-refractivity contribution is 7.89. The van der Waals surface area contributed by atoms with E-state index in [0.717, 1.165) is 10.4 Å². The Bertz CT molecular complexity index is 898. The average molecular weight is 390 g/mol. The number of aromatic carboxylic acids is 1. The van der Waals surface area contributed by atoms with Crippen LogP contribution >= 0.6 is 11.6 Å². The van der Waals surface area contributed by atoms with E-state index < -0.39 is 32.3 Å². The molecular weight excluding hydrogens is 373 g/mol. The van der Waals surface area contributed by atoms with E-state index in [-0.39, 0.29) is 18.1 Å². The van der Waals surface area contributed by atoms with Gasteiger partial charge in [-0.1, -0.05) is 18.5 Å². The molecule has 10 heteroatoms. The van der Waals surface area contributed by atoms with Gasteiger partial charge in [0.25, 0.3) is 0 Å². The molecule has 7 nitrogen and oxygen atoms in total. The van der Waals surface area contributed by atoms with E-state index in [1.807, 2.05) is 6.92 Å². The van der Waals surface area contributed by atoms with E-state index in [1.54, 1.807) is 17.8 Å². The minimum Gasteiger partial charge on any atom is -0.478 e. The Morgan fingerprint density at radius 3 is 2.60 bits per heavy atom. The fraction of sp³-hybridized carbons (Fsp3) is 0.333. The molecule has 0 unspecified atom stereocenters. The molecule has 0 bridgehead atoms. The third-order valence-electron chi connectivity index (χ3n) is 3.59. The lowest BCUT2D eigenvalue weighted by atomic mass is 10.2. The van der Waals surface area contributed by atoms with Crippen molar-refractivity contribution in [2.24, 2.45) is 0 Å². The molecule has 1 aromatic heterocycles. The van der Waals surface area contributed by atoms with Gasteiger partial charge in [0.15, 0.2) is 0 Å². The second kappa shape index (κ2) is 7.51. The number of rotatable bonds is 7. The van der Waals surface area contributed by atoms with Gasteiger partial charge in [0.2, 0.25) is 10.0 Å². The van der Waals surface area contributed by atoms with Crippen molar-refractivity contribution in [3.8, 4) is 0 Å². The summed E-state index contributed by atoms with van der Waals surface area (Å²) in [6.07, 6.45) is 3.22. The van der Waals surface area contributed by atoms with Crippen molar-refractivity contribution in [2.45, 2.75) is 31.8 Å². The largest absolute Gasteiger partial charge is 0.478 e. The third kappa shape index (κ3) is 4.00. The summed E-state index contributed by atoms with van der Waals surface area (Å²) < 4.78 is 42.4. The molecule has 0 radical (unpaired) electrons. The van der Waals surface area contributed by atoms with E-state index in [9.17, 15) is 17.6 Å². The normalized spacial score (nSPS) is 11.9. The number of aromatic nitrogens is 2. The molecule has 0 atom stereocenters. The number of halogens is 2. The van der Waals surface area contributed by atoms with Crippen molar-refractivity contribution >= 4 is 27.6 Å². The molecule has 136 valence electrons. The summed E-state index contributed by atoms with van der Waals surface area (Å²) in [4.78, 5) is 10.4. The zero-order valence-electron chi connectivity index (χ0n) is 13.6. The monoisotopic (exact) mass is 389 g/mol. The van der Waals surface area contributed by atoms with Crippen LogP contribution in [0.1, 0.15) is 29.8 Å². The lowest BCUT2D eigenvalue weighted by Crippen LogP contribution is -2.31. The van der Waals surface area contributed by atoms with Gasteiger partial charge in [0, 0.05) is 31.4 Å². The number of hydrogen-bond acceptors (Lipinski definition) is 4. The second-order valence-corrected chi connectivity index (χ2v) is 7.52. The van der Waals surface area contributed by atoms with Gasteiger partial charge in [-0.3, -0.25) is 4.68 Å². The molecule has 0 aliphatic carbocycles. The van der Waals surface area contributed by atoms with Crippen molar-refractivity contribution in [3.63, 3.8) is 0 Å². The van der Waals surface area contributed by atoms with Crippen molar-refractivity contribution in [1.82, 2.24) is 14.1 Å². The molecule has 25 heavy (non-hydrogen) atoms. The minimum absolute atomic E-state index is 0.0106. The molecule has 0 saturated heterocycles. The van der Waals surface area contributed by atoms with E-state index in [2.05, 4.69) is 5.10 Å². The third-order valence-corrected chi connectivity index (χ3v) is 5.84. The summed E-state index contributed by atoms with van der Waals surface area (Å²) in [6, 6.07) is 1.44. The highest BCUT2D eigenvalue weighted by Gasteiger charge is 2.29. The number of carboxylic acid groups (broad SMARTS) is 1. The zero-order chi connectivity index (χ0) is 18.8. The van der Waals surface area contributed by atoms with E-state index in [1.165, 1.54) is 6.20 Å². The smallest absolute Gasteiger partial charge is 0.337 e. The Morgan fingerprint density at radius 2 is 2.08 bits per heavy atom. The molecule has 2 rings (SSSR count). The molecule has 0 amide bonds. The molecular formula is C15H17ClFN3O4S. The minimum atomic E-state index is -4.25. The van der Waals surface area contributed by atoms with E-state index >= 15 is 0 Å². The molecule has 1 N–H and O–H groups in total. The summed E-state index contributed by atoms with van der Waals surface area (Å²) in [7, 11) is -4.25. The molecule has 0 spiro atoms. The maximum atomic E-state index is 14.2. The van der Waals surface area contributed by atoms with Gasteiger partial charge in [-0.05, 0) is 19.1 Å². The Labute approximate surface area is 149 Å². The number of benzene rings is 1. The fourth-order valence-corrected chi connectivity index (χ4v) is 4.00. The molecule has 0 aliphatic heterocycles. The standard InChI is InChI=1S/C15H17ClFN3O4S/c1-3-19-8-10(7-18-19)9-20(4-2)25(23,24)14-5-11(15(21)22)12(16)6-13(14)17/h5-8H,3-4,9H2,1-2H3,(H,21,22). The first-order valence-electron chi connectivity index (χ1n) is 7.44. The highest BCUT2D eigenvalue weighted by atomic mass is 35.5. The number of carboxylic acids is 1. The van der Waals surface area contributed by atoms with Crippen LogP contribution < -0.4 is 0 Å². The quantitative estimate of drug-likeness (QED) is 0.785. The molecule has 2 aromatic rings. The van der Waals surface area contributed by atoms with E-state index in [0.29, 0.717) is 18.2 Å². The Hall–Kier alpha value is -1.97. The first-order chi connectivity index (χ1) is 11.7. The number of aryl methyl sites for hydroxylation is 1. The van der Waals surface area contributed by atoms with Crippen LogP contribution in [0.25, 0.3) is 0 Å². The fourth-order valence-electron chi connectivity index (χ4n) is 2.26. The summed E-state index contributed by atoms with van der Waals surface area (Å²) in [5.41, 5.74) is 0.164. The first-order valence-corrected chi connectivity index (χ1v) is 9.26. The van der Waals surface area contributed by atoms with Gasteiger partial charge in [0.1, 0.15) is 10.7 Å². The molecule has 0 saturated carbocycles.